The molecule has 0 aliphatic carbocycles. The van der Waals surface area contributed by atoms with Crippen molar-refractivity contribution in [1.82, 2.24) is 14.9 Å². The minimum absolute atomic E-state index is 0.188. The SMILES string of the molecule is [C-]#[N+]C[C@@H]1CCCN(c2nc(OC[C@@H]3CCCN3C)nc3c2CCN(c2cccc(C)c2C(F)(F)F)C3)C1. The van der Waals surface area contributed by atoms with E-state index in [9.17, 15) is 13.2 Å². The predicted molar refractivity (Wildman–Crippen MR) is 141 cm³/mol. The molecule has 0 radical (unpaired) electrons. The summed E-state index contributed by atoms with van der Waals surface area (Å²) >= 11 is 0. The van der Waals surface area contributed by atoms with E-state index in [0.717, 1.165) is 62.4 Å². The van der Waals surface area contributed by atoms with E-state index in [0.29, 0.717) is 32.2 Å². The summed E-state index contributed by atoms with van der Waals surface area (Å²) in [4.78, 5) is 19.5. The van der Waals surface area contributed by atoms with E-state index < -0.39 is 11.7 Å². The lowest BCUT2D eigenvalue weighted by atomic mass is 9.96. The number of likely N-dealkylation sites (tertiary alicyclic amines) is 1. The van der Waals surface area contributed by atoms with E-state index in [2.05, 4.69) is 21.7 Å². The Morgan fingerprint density at radius 3 is 2.66 bits per heavy atom. The van der Waals surface area contributed by atoms with E-state index in [1.165, 1.54) is 13.0 Å². The maximum Gasteiger partial charge on any atom is 0.418 e. The van der Waals surface area contributed by atoms with Gasteiger partial charge in [0.05, 0.1) is 17.8 Å². The maximum atomic E-state index is 14.0. The third-order valence-electron chi connectivity index (χ3n) is 8.14. The zero-order valence-electron chi connectivity index (χ0n) is 22.1. The highest BCUT2D eigenvalue weighted by Gasteiger charge is 2.38. The number of likely N-dealkylation sites (N-methyl/N-ethyl adjacent to an activating group) is 1. The minimum Gasteiger partial charge on any atom is -0.462 e. The normalized spacial score (nSPS) is 22.3. The van der Waals surface area contributed by atoms with Gasteiger partial charge in [-0.15, -0.1) is 0 Å². The summed E-state index contributed by atoms with van der Waals surface area (Å²) in [5, 5.41) is 0. The number of aryl methyl sites for hydroxylation is 1. The van der Waals surface area contributed by atoms with Crippen molar-refractivity contribution in [2.24, 2.45) is 5.92 Å². The molecule has 0 N–H and O–H groups in total. The highest BCUT2D eigenvalue weighted by atomic mass is 19.4. The van der Waals surface area contributed by atoms with Crippen LogP contribution in [0.3, 0.4) is 0 Å². The molecule has 3 aliphatic rings. The second-order valence-electron chi connectivity index (χ2n) is 10.8. The summed E-state index contributed by atoms with van der Waals surface area (Å²) in [6.07, 6.45) is 0.290. The van der Waals surface area contributed by atoms with Crippen LogP contribution < -0.4 is 14.5 Å². The lowest BCUT2D eigenvalue weighted by molar-refractivity contribution is -0.137. The number of ether oxygens (including phenoxy) is 1. The first-order valence-electron chi connectivity index (χ1n) is 13.5. The fourth-order valence-corrected chi connectivity index (χ4v) is 6.10. The van der Waals surface area contributed by atoms with Gasteiger partial charge >= 0.3 is 12.2 Å². The molecule has 10 heteroatoms. The highest BCUT2D eigenvalue weighted by Crippen LogP contribution is 2.41. The average molecular weight is 529 g/mol. The summed E-state index contributed by atoms with van der Waals surface area (Å²) in [6, 6.07) is 5.32. The Hall–Kier alpha value is -3.06. The lowest BCUT2D eigenvalue weighted by Crippen LogP contribution is -2.40. The molecule has 0 saturated carbocycles. The van der Waals surface area contributed by atoms with Crippen molar-refractivity contribution in [3.63, 3.8) is 0 Å². The molecule has 2 aromatic rings. The number of aromatic nitrogens is 2. The molecule has 2 fully saturated rings. The number of halogens is 3. The fraction of sp³-hybridized carbons (Fsp3) is 0.607. The van der Waals surface area contributed by atoms with Gasteiger partial charge in [0.2, 0.25) is 6.54 Å². The summed E-state index contributed by atoms with van der Waals surface area (Å²) in [6.45, 7) is 13.1. The van der Waals surface area contributed by atoms with Gasteiger partial charge in [0.1, 0.15) is 12.4 Å². The van der Waals surface area contributed by atoms with E-state index in [1.807, 2.05) is 0 Å². The minimum atomic E-state index is -4.44. The number of benzene rings is 1. The van der Waals surface area contributed by atoms with Crippen molar-refractivity contribution >= 4 is 11.5 Å². The van der Waals surface area contributed by atoms with Gasteiger partial charge in [-0.25, -0.2) is 6.57 Å². The zero-order chi connectivity index (χ0) is 26.9. The van der Waals surface area contributed by atoms with Gasteiger partial charge < -0.3 is 24.3 Å². The third kappa shape index (κ3) is 5.53. The third-order valence-corrected chi connectivity index (χ3v) is 8.14. The van der Waals surface area contributed by atoms with Crippen molar-refractivity contribution in [2.75, 3.05) is 56.2 Å². The molecule has 2 atom stereocenters. The largest absolute Gasteiger partial charge is 0.462 e. The van der Waals surface area contributed by atoms with E-state index in [-0.39, 0.29) is 29.7 Å². The van der Waals surface area contributed by atoms with Crippen LogP contribution in [0.15, 0.2) is 18.2 Å². The van der Waals surface area contributed by atoms with Gasteiger partial charge in [0.25, 0.3) is 0 Å². The zero-order valence-corrected chi connectivity index (χ0v) is 22.1. The Balaban J connectivity index is 1.47. The number of piperidine rings is 1. The van der Waals surface area contributed by atoms with Crippen LogP contribution in [0.1, 0.15) is 48.1 Å². The predicted octanol–water partition coefficient (Wildman–Crippen LogP) is 4.98. The molecule has 2 saturated heterocycles. The van der Waals surface area contributed by atoms with Crippen LogP contribution in [0.2, 0.25) is 0 Å². The molecule has 3 aliphatic heterocycles. The fourth-order valence-electron chi connectivity index (χ4n) is 6.10. The van der Waals surface area contributed by atoms with Crippen molar-refractivity contribution < 1.29 is 17.9 Å². The van der Waals surface area contributed by atoms with Gasteiger partial charge in [0, 0.05) is 42.8 Å². The smallest absolute Gasteiger partial charge is 0.418 e. The van der Waals surface area contributed by atoms with E-state index >= 15 is 0 Å². The Morgan fingerprint density at radius 1 is 1.11 bits per heavy atom. The highest BCUT2D eigenvalue weighted by molar-refractivity contribution is 5.61. The van der Waals surface area contributed by atoms with Crippen molar-refractivity contribution in [2.45, 2.75) is 57.8 Å². The second kappa shape index (κ2) is 11.0. The number of hydrogen-bond donors (Lipinski definition) is 0. The van der Waals surface area contributed by atoms with Crippen LogP contribution in [-0.4, -0.2) is 67.3 Å². The van der Waals surface area contributed by atoms with Gasteiger partial charge in [-0.3, -0.25) is 0 Å². The molecule has 1 aromatic heterocycles. The van der Waals surface area contributed by atoms with Gasteiger partial charge in [-0.05, 0) is 64.3 Å². The van der Waals surface area contributed by atoms with Crippen molar-refractivity contribution in [3.8, 4) is 6.01 Å². The van der Waals surface area contributed by atoms with Gasteiger partial charge in [0.15, 0.2) is 0 Å². The standard InChI is InChI=1S/C28H35F3N6O/c1-19-7-4-10-24(25(19)28(29,30)31)36-14-11-22-23(17-36)33-27(38-18-21-9-6-12-35(21)3)34-26(22)37-13-5-8-20(16-37)15-32-2/h4,7,10,20-21H,5-6,8-9,11-18H2,1,3H3/t20-,21-/m0/s1. The lowest BCUT2D eigenvalue weighted by Gasteiger charge is -2.37. The molecule has 1 aromatic carbocycles. The number of rotatable bonds is 6. The molecule has 0 amide bonds. The molecule has 0 bridgehead atoms. The first-order chi connectivity index (χ1) is 18.2. The van der Waals surface area contributed by atoms with E-state index in [4.69, 9.17) is 21.3 Å². The summed E-state index contributed by atoms with van der Waals surface area (Å²) in [5.74, 6) is 1.10. The summed E-state index contributed by atoms with van der Waals surface area (Å²) in [7, 11) is 2.09. The summed E-state index contributed by atoms with van der Waals surface area (Å²) in [5.41, 5.74) is 1.52. The number of nitrogens with zero attached hydrogens (tertiary/aromatic N) is 6. The molecular formula is C28H35F3N6O. The first-order valence-corrected chi connectivity index (χ1v) is 13.5. The molecule has 5 rings (SSSR count). The van der Waals surface area contributed by atoms with Crippen LogP contribution in [0, 0.1) is 19.4 Å². The molecule has 4 heterocycles. The van der Waals surface area contributed by atoms with Crippen molar-refractivity contribution in [1.29, 1.82) is 0 Å². The van der Waals surface area contributed by atoms with Gasteiger partial charge in [-0.1, -0.05) is 12.1 Å². The van der Waals surface area contributed by atoms with E-state index in [1.54, 1.807) is 17.0 Å². The number of anilines is 2. The Kier molecular flexibility index (Phi) is 7.66. The Bertz CT molecular complexity index is 1200. The molecule has 0 spiro atoms. The van der Waals surface area contributed by atoms with Crippen molar-refractivity contribution in [3.05, 3.63) is 52.0 Å². The summed E-state index contributed by atoms with van der Waals surface area (Å²) < 4.78 is 48.2. The number of alkyl halides is 3. The van der Waals surface area contributed by atoms with Crippen LogP contribution in [0.25, 0.3) is 4.85 Å². The molecule has 0 unspecified atom stereocenters. The van der Waals surface area contributed by atoms with Crippen LogP contribution >= 0.6 is 0 Å². The number of hydrogen-bond acceptors (Lipinski definition) is 6. The first kappa shape index (κ1) is 26.5. The molecule has 38 heavy (non-hydrogen) atoms. The van der Waals surface area contributed by atoms with Crippen LogP contribution in [0.4, 0.5) is 24.7 Å². The van der Waals surface area contributed by atoms with Gasteiger partial charge in [-0.2, -0.15) is 23.1 Å². The average Bonchev–Trinajstić information content (AvgIpc) is 3.30. The molecule has 7 nitrogen and oxygen atoms in total. The molecule has 204 valence electrons. The molecular weight excluding hydrogens is 493 g/mol. The second-order valence-corrected chi connectivity index (χ2v) is 10.8. The monoisotopic (exact) mass is 528 g/mol. The Labute approximate surface area is 222 Å². The number of fused-ring (bicyclic) bond motifs is 1. The quantitative estimate of drug-likeness (QED) is 0.494. The topological polar surface area (TPSA) is 49.1 Å². The van der Waals surface area contributed by atoms with Crippen LogP contribution in [-0.2, 0) is 19.1 Å². The Morgan fingerprint density at radius 2 is 1.92 bits per heavy atom. The maximum absolute atomic E-state index is 14.0. The van der Waals surface area contributed by atoms with Crippen LogP contribution in [0.5, 0.6) is 6.01 Å².